The van der Waals surface area contributed by atoms with Crippen molar-refractivity contribution < 1.29 is 9.59 Å². The summed E-state index contributed by atoms with van der Waals surface area (Å²) in [4.78, 5) is 32.9. The van der Waals surface area contributed by atoms with Gasteiger partial charge in [0.05, 0.1) is 5.69 Å². The highest BCUT2D eigenvalue weighted by Crippen LogP contribution is 2.24. The summed E-state index contributed by atoms with van der Waals surface area (Å²) < 4.78 is 1.98. The van der Waals surface area contributed by atoms with Crippen LogP contribution < -0.4 is 5.32 Å². The third-order valence-electron chi connectivity index (χ3n) is 4.55. The maximum atomic E-state index is 12.6. The van der Waals surface area contributed by atoms with Gasteiger partial charge in [-0.15, -0.1) is 11.3 Å². The zero-order valence-electron chi connectivity index (χ0n) is 15.2. The number of ketones is 1. The molecule has 0 fully saturated rings. The number of aryl methyl sites for hydroxylation is 1. The lowest BCUT2D eigenvalue weighted by Gasteiger charge is -2.06. The monoisotopic (exact) mass is 378 g/mol. The third kappa shape index (κ3) is 3.06. The van der Waals surface area contributed by atoms with E-state index >= 15 is 0 Å². The second kappa shape index (κ2) is 6.51. The lowest BCUT2D eigenvalue weighted by molar-refractivity contribution is 0.101. The molecule has 0 aliphatic rings. The Balaban J connectivity index is 1.55. The first-order valence-corrected chi connectivity index (χ1v) is 9.36. The van der Waals surface area contributed by atoms with Crippen LogP contribution in [0.25, 0.3) is 16.2 Å². The number of hydrogen-bond acceptors (Lipinski definition) is 4. The number of hydrogen-bond donors (Lipinski definition) is 2. The first-order valence-electron chi connectivity index (χ1n) is 8.48. The Morgan fingerprint density at radius 2 is 1.93 bits per heavy atom. The van der Waals surface area contributed by atoms with E-state index in [0.29, 0.717) is 28.2 Å². The van der Waals surface area contributed by atoms with Gasteiger partial charge in [-0.3, -0.25) is 14.0 Å². The number of thiazole rings is 1. The van der Waals surface area contributed by atoms with Gasteiger partial charge in [-0.2, -0.15) is 0 Å². The van der Waals surface area contributed by atoms with Gasteiger partial charge in [-0.25, -0.2) is 4.98 Å². The average molecular weight is 378 g/mol. The van der Waals surface area contributed by atoms with Crippen molar-refractivity contribution in [2.24, 2.45) is 0 Å². The Morgan fingerprint density at radius 1 is 1.19 bits per heavy atom. The number of anilines is 1. The van der Waals surface area contributed by atoms with Crippen LogP contribution in [-0.2, 0) is 0 Å². The molecule has 0 saturated carbocycles. The first-order chi connectivity index (χ1) is 12.9. The van der Waals surface area contributed by atoms with Crippen LogP contribution >= 0.6 is 11.3 Å². The van der Waals surface area contributed by atoms with Crippen molar-refractivity contribution in [3.8, 4) is 11.3 Å². The fraction of sp³-hybridized carbons (Fsp3) is 0.150. The van der Waals surface area contributed by atoms with Gasteiger partial charge < -0.3 is 10.3 Å². The molecule has 6 nitrogen and oxygen atoms in total. The number of fused-ring (bicyclic) bond motifs is 1. The summed E-state index contributed by atoms with van der Waals surface area (Å²) in [5.74, 6) is -0.317. The lowest BCUT2D eigenvalue weighted by Crippen LogP contribution is -2.13. The molecule has 136 valence electrons. The minimum atomic E-state index is -0.265. The van der Waals surface area contributed by atoms with E-state index in [1.165, 1.54) is 6.92 Å². The fourth-order valence-electron chi connectivity index (χ4n) is 3.29. The Bertz CT molecular complexity index is 1140. The van der Waals surface area contributed by atoms with Crippen LogP contribution in [0.4, 0.5) is 5.69 Å². The summed E-state index contributed by atoms with van der Waals surface area (Å²) in [6, 6.07) is 7.54. The standard InChI is InChI=1S/C20H18N4O2S/c1-11-17(13(3)25)12(2)21-18(11)19(26)22-15-6-4-14(5-7-15)16-10-24-8-9-27-20(24)23-16/h4-10,21H,1-3H3,(H,22,26). The van der Waals surface area contributed by atoms with Crippen molar-refractivity contribution in [1.29, 1.82) is 0 Å². The minimum absolute atomic E-state index is 0.0513. The molecule has 4 aromatic rings. The van der Waals surface area contributed by atoms with E-state index in [4.69, 9.17) is 0 Å². The second-order valence-corrected chi connectivity index (χ2v) is 7.30. The number of amides is 1. The number of nitrogens with zero attached hydrogens (tertiary/aromatic N) is 2. The zero-order valence-corrected chi connectivity index (χ0v) is 16.0. The largest absolute Gasteiger partial charge is 0.354 e. The number of H-pyrrole nitrogens is 1. The maximum absolute atomic E-state index is 12.6. The van der Waals surface area contributed by atoms with E-state index in [9.17, 15) is 9.59 Å². The highest BCUT2D eigenvalue weighted by atomic mass is 32.1. The van der Waals surface area contributed by atoms with Crippen LogP contribution in [0, 0.1) is 13.8 Å². The predicted molar refractivity (Wildman–Crippen MR) is 107 cm³/mol. The predicted octanol–water partition coefficient (Wildman–Crippen LogP) is 4.46. The molecular weight excluding hydrogens is 360 g/mol. The number of rotatable bonds is 4. The number of Topliss-reactive ketones (excluding diaryl/α,β-unsaturated/α-hetero) is 1. The zero-order chi connectivity index (χ0) is 19.1. The molecule has 7 heteroatoms. The van der Waals surface area contributed by atoms with E-state index in [1.54, 1.807) is 25.2 Å². The van der Waals surface area contributed by atoms with Crippen molar-refractivity contribution >= 4 is 33.7 Å². The summed E-state index contributed by atoms with van der Waals surface area (Å²) in [6.45, 7) is 5.08. The number of aromatic amines is 1. The third-order valence-corrected chi connectivity index (χ3v) is 5.32. The quantitative estimate of drug-likeness (QED) is 0.515. The number of carbonyl (C=O) groups is 2. The highest BCUT2D eigenvalue weighted by molar-refractivity contribution is 7.15. The van der Waals surface area contributed by atoms with Crippen LogP contribution in [0.15, 0.2) is 42.0 Å². The average Bonchev–Trinajstić information content (AvgIpc) is 3.28. The van der Waals surface area contributed by atoms with E-state index in [1.807, 2.05) is 46.4 Å². The van der Waals surface area contributed by atoms with Crippen molar-refractivity contribution in [2.75, 3.05) is 5.32 Å². The van der Waals surface area contributed by atoms with Gasteiger partial charge in [0.25, 0.3) is 5.91 Å². The summed E-state index contributed by atoms with van der Waals surface area (Å²) in [6.07, 6.45) is 3.95. The maximum Gasteiger partial charge on any atom is 0.272 e. The Labute approximate surface area is 159 Å². The van der Waals surface area contributed by atoms with Gasteiger partial charge in [0, 0.05) is 40.3 Å². The van der Waals surface area contributed by atoms with Crippen molar-refractivity contribution in [1.82, 2.24) is 14.4 Å². The van der Waals surface area contributed by atoms with Gasteiger partial charge >= 0.3 is 0 Å². The molecule has 0 bridgehead atoms. The summed E-state index contributed by atoms with van der Waals surface area (Å²) in [5.41, 5.74) is 4.93. The molecule has 3 aromatic heterocycles. The van der Waals surface area contributed by atoms with E-state index < -0.39 is 0 Å². The molecule has 0 aliphatic carbocycles. The highest BCUT2D eigenvalue weighted by Gasteiger charge is 2.19. The molecule has 3 heterocycles. The Kier molecular flexibility index (Phi) is 4.16. The van der Waals surface area contributed by atoms with E-state index in [2.05, 4.69) is 15.3 Å². The van der Waals surface area contributed by atoms with Crippen molar-refractivity contribution in [3.63, 3.8) is 0 Å². The SMILES string of the molecule is CC(=O)c1c(C)[nH]c(C(=O)Nc2ccc(-c3cn4ccsc4n3)cc2)c1C. The molecule has 0 aliphatic heterocycles. The first kappa shape index (κ1) is 17.2. The number of carbonyl (C=O) groups excluding carboxylic acids is 2. The molecule has 4 rings (SSSR count). The van der Waals surface area contributed by atoms with Crippen LogP contribution in [0.5, 0.6) is 0 Å². The van der Waals surface area contributed by atoms with Gasteiger partial charge in [-0.1, -0.05) is 12.1 Å². The summed E-state index contributed by atoms with van der Waals surface area (Å²) in [5, 5.41) is 4.87. The molecular formula is C20H18N4O2S. The Hall–Kier alpha value is -3.19. The van der Waals surface area contributed by atoms with Crippen molar-refractivity contribution in [3.05, 3.63) is 64.6 Å². The normalized spacial score (nSPS) is 11.1. The topological polar surface area (TPSA) is 79.3 Å². The molecule has 2 N–H and O–H groups in total. The Morgan fingerprint density at radius 3 is 2.56 bits per heavy atom. The van der Waals surface area contributed by atoms with Crippen LogP contribution in [0.1, 0.15) is 39.0 Å². The van der Waals surface area contributed by atoms with E-state index in [-0.39, 0.29) is 11.7 Å². The van der Waals surface area contributed by atoms with Gasteiger partial charge in [0.15, 0.2) is 10.7 Å². The minimum Gasteiger partial charge on any atom is -0.354 e. The van der Waals surface area contributed by atoms with Gasteiger partial charge in [0.2, 0.25) is 0 Å². The van der Waals surface area contributed by atoms with Crippen LogP contribution in [-0.4, -0.2) is 26.1 Å². The number of nitrogens with one attached hydrogen (secondary N) is 2. The van der Waals surface area contributed by atoms with Crippen LogP contribution in [0.2, 0.25) is 0 Å². The molecule has 0 saturated heterocycles. The second-order valence-electron chi connectivity index (χ2n) is 6.43. The lowest BCUT2D eigenvalue weighted by atomic mass is 10.1. The number of imidazole rings is 1. The van der Waals surface area contributed by atoms with E-state index in [0.717, 1.165) is 16.2 Å². The molecule has 0 spiro atoms. The molecule has 27 heavy (non-hydrogen) atoms. The smallest absolute Gasteiger partial charge is 0.272 e. The summed E-state index contributed by atoms with van der Waals surface area (Å²) in [7, 11) is 0. The molecule has 1 aromatic carbocycles. The molecule has 0 atom stereocenters. The molecule has 1 amide bonds. The van der Waals surface area contributed by atoms with Crippen LogP contribution in [0.3, 0.4) is 0 Å². The van der Waals surface area contributed by atoms with Crippen molar-refractivity contribution in [2.45, 2.75) is 20.8 Å². The summed E-state index contributed by atoms with van der Waals surface area (Å²) >= 11 is 1.59. The van der Waals surface area contributed by atoms with Gasteiger partial charge in [0.1, 0.15) is 5.69 Å². The number of benzene rings is 1. The molecule has 0 radical (unpaired) electrons. The fourth-order valence-corrected chi connectivity index (χ4v) is 3.99. The molecule has 0 unspecified atom stereocenters. The van der Waals surface area contributed by atoms with Gasteiger partial charge in [-0.05, 0) is 38.5 Å². The number of aromatic nitrogens is 3.